The minimum absolute atomic E-state index is 0.224. The summed E-state index contributed by atoms with van der Waals surface area (Å²) < 4.78 is 7.22. The van der Waals surface area contributed by atoms with Gasteiger partial charge >= 0.3 is 0 Å². The van der Waals surface area contributed by atoms with Gasteiger partial charge in [-0.15, -0.1) is 5.10 Å². The normalized spacial score (nSPS) is 15.8. The number of nitrogens with two attached hydrogens (primary N) is 1. The van der Waals surface area contributed by atoms with Crippen molar-refractivity contribution in [3.8, 4) is 0 Å². The van der Waals surface area contributed by atoms with E-state index in [-0.39, 0.29) is 5.91 Å². The number of nitrogens with one attached hydrogen (secondary N) is 1. The van der Waals surface area contributed by atoms with Crippen LogP contribution in [0.4, 0.5) is 0 Å². The molecular formula is C12H21N5O2. The van der Waals surface area contributed by atoms with Gasteiger partial charge in [-0.05, 0) is 12.8 Å². The molecule has 1 saturated carbocycles. The van der Waals surface area contributed by atoms with Crippen molar-refractivity contribution in [1.29, 1.82) is 0 Å². The molecule has 7 heteroatoms. The van der Waals surface area contributed by atoms with Crippen LogP contribution in [0.3, 0.4) is 0 Å². The van der Waals surface area contributed by atoms with Crippen molar-refractivity contribution in [2.24, 2.45) is 5.73 Å². The molecule has 1 aromatic rings. The summed E-state index contributed by atoms with van der Waals surface area (Å²) in [6.45, 7) is 2.08. The summed E-state index contributed by atoms with van der Waals surface area (Å²) in [6, 6.07) is 0. The predicted molar refractivity (Wildman–Crippen MR) is 69.6 cm³/mol. The van der Waals surface area contributed by atoms with E-state index in [0.29, 0.717) is 38.0 Å². The van der Waals surface area contributed by atoms with Crippen LogP contribution in [-0.4, -0.2) is 46.7 Å². The molecule has 7 nitrogen and oxygen atoms in total. The first kappa shape index (κ1) is 14.0. The number of rotatable bonds is 7. The van der Waals surface area contributed by atoms with Gasteiger partial charge in [0.1, 0.15) is 0 Å². The number of ether oxygens (including phenoxy) is 1. The van der Waals surface area contributed by atoms with Gasteiger partial charge in [0.2, 0.25) is 0 Å². The second kappa shape index (κ2) is 7.20. The Kier molecular flexibility index (Phi) is 5.29. The minimum atomic E-state index is -0.224. The van der Waals surface area contributed by atoms with E-state index in [1.54, 1.807) is 10.9 Å². The van der Waals surface area contributed by atoms with Gasteiger partial charge in [-0.25, -0.2) is 0 Å². The predicted octanol–water partition coefficient (Wildman–Crippen LogP) is -0.0742. The SMILES string of the molecule is NCCn1cc(C(=O)NCCOC2CCCC2)nn1. The maximum atomic E-state index is 11.7. The quantitative estimate of drug-likeness (QED) is 0.674. The molecule has 1 amide bonds. The number of carbonyl (C=O) groups is 1. The van der Waals surface area contributed by atoms with Gasteiger partial charge in [-0.1, -0.05) is 18.1 Å². The molecule has 3 N–H and O–H groups in total. The Morgan fingerprint density at radius 3 is 3.05 bits per heavy atom. The van der Waals surface area contributed by atoms with Crippen LogP contribution in [0.15, 0.2) is 6.20 Å². The molecule has 0 aromatic carbocycles. The Balaban J connectivity index is 1.65. The summed E-state index contributed by atoms with van der Waals surface area (Å²) in [6.07, 6.45) is 6.76. The van der Waals surface area contributed by atoms with Crippen molar-refractivity contribution < 1.29 is 9.53 Å². The maximum Gasteiger partial charge on any atom is 0.273 e. The van der Waals surface area contributed by atoms with Crippen molar-refractivity contribution in [1.82, 2.24) is 20.3 Å². The number of aromatic nitrogens is 3. The molecule has 1 aliphatic carbocycles. The molecule has 1 aliphatic rings. The zero-order valence-electron chi connectivity index (χ0n) is 11.0. The molecular weight excluding hydrogens is 246 g/mol. The molecule has 0 saturated heterocycles. The molecule has 1 fully saturated rings. The second-order valence-electron chi connectivity index (χ2n) is 4.69. The number of hydrogen-bond donors (Lipinski definition) is 2. The van der Waals surface area contributed by atoms with E-state index in [0.717, 1.165) is 12.8 Å². The van der Waals surface area contributed by atoms with Crippen LogP contribution in [0, 0.1) is 0 Å². The molecule has 1 heterocycles. The third-order valence-electron chi connectivity index (χ3n) is 3.17. The minimum Gasteiger partial charge on any atom is -0.376 e. The van der Waals surface area contributed by atoms with E-state index in [9.17, 15) is 4.79 Å². The summed E-state index contributed by atoms with van der Waals surface area (Å²) in [4.78, 5) is 11.7. The number of hydrogen-bond acceptors (Lipinski definition) is 5. The van der Waals surface area contributed by atoms with Gasteiger partial charge in [0.05, 0.1) is 25.5 Å². The van der Waals surface area contributed by atoms with E-state index >= 15 is 0 Å². The van der Waals surface area contributed by atoms with E-state index in [1.807, 2.05) is 0 Å². The highest BCUT2D eigenvalue weighted by Crippen LogP contribution is 2.20. The standard InChI is InChI=1S/C12H21N5O2/c13-5-7-17-9-11(15-16-17)12(18)14-6-8-19-10-3-1-2-4-10/h9-10H,1-8,13H2,(H,14,18). The van der Waals surface area contributed by atoms with E-state index < -0.39 is 0 Å². The van der Waals surface area contributed by atoms with Gasteiger partial charge in [-0.3, -0.25) is 9.48 Å². The summed E-state index contributed by atoms with van der Waals surface area (Å²) in [5.41, 5.74) is 5.71. The third kappa shape index (κ3) is 4.29. The molecule has 0 aliphatic heterocycles. The van der Waals surface area contributed by atoms with E-state index in [1.165, 1.54) is 12.8 Å². The Hall–Kier alpha value is -1.47. The molecule has 0 bridgehead atoms. The van der Waals surface area contributed by atoms with E-state index in [2.05, 4.69) is 15.6 Å². The lowest BCUT2D eigenvalue weighted by Crippen LogP contribution is -2.28. The summed E-state index contributed by atoms with van der Waals surface area (Å²) >= 11 is 0. The van der Waals surface area contributed by atoms with Gasteiger partial charge in [0, 0.05) is 13.1 Å². The van der Waals surface area contributed by atoms with Crippen molar-refractivity contribution in [3.63, 3.8) is 0 Å². The zero-order valence-corrected chi connectivity index (χ0v) is 11.0. The van der Waals surface area contributed by atoms with Crippen molar-refractivity contribution in [2.75, 3.05) is 19.7 Å². The molecule has 0 spiro atoms. The van der Waals surface area contributed by atoms with Gasteiger partial charge in [0.25, 0.3) is 5.91 Å². The summed E-state index contributed by atoms with van der Waals surface area (Å²) in [7, 11) is 0. The van der Waals surface area contributed by atoms with Crippen LogP contribution in [-0.2, 0) is 11.3 Å². The topological polar surface area (TPSA) is 95.1 Å². The molecule has 0 radical (unpaired) electrons. The fraction of sp³-hybridized carbons (Fsp3) is 0.750. The highest BCUT2D eigenvalue weighted by molar-refractivity contribution is 5.91. The average Bonchev–Trinajstić information content (AvgIpc) is 3.06. The van der Waals surface area contributed by atoms with Crippen LogP contribution < -0.4 is 11.1 Å². The molecule has 19 heavy (non-hydrogen) atoms. The summed E-state index contributed by atoms with van der Waals surface area (Å²) in [5, 5.41) is 10.4. The Morgan fingerprint density at radius 2 is 2.32 bits per heavy atom. The number of carbonyl (C=O) groups excluding carboxylic acids is 1. The maximum absolute atomic E-state index is 11.7. The third-order valence-corrected chi connectivity index (χ3v) is 3.17. The fourth-order valence-electron chi connectivity index (χ4n) is 2.18. The van der Waals surface area contributed by atoms with Gasteiger partial charge in [0.15, 0.2) is 5.69 Å². The fourth-order valence-corrected chi connectivity index (χ4v) is 2.18. The number of nitrogens with zero attached hydrogens (tertiary/aromatic N) is 3. The van der Waals surface area contributed by atoms with Gasteiger partial charge in [-0.2, -0.15) is 0 Å². The van der Waals surface area contributed by atoms with Crippen molar-refractivity contribution in [3.05, 3.63) is 11.9 Å². The molecule has 106 valence electrons. The monoisotopic (exact) mass is 267 g/mol. The zero-order chi connectivity index (χ0) is 13.5. The Labute approximate surface area is 112 Å². The summed E-state index contributed by atoms with van der Waals surface area (Å²) in [5.74, 6) is -0.224. The largest absolute Gasteiger partial charge is 0.376 e. The van der Waals surface area contributed by atoms with Crippen LogP contribution in [0.1, 0.15) is 36.2 Å². The lowest BCUT2D eigenvalue weighted by molar-refractivity contribution is 0.0581. The van der Waals surface area contributed by atoms with Gasteiger partial charge < -0.3 is 15.8 Å². The van der Waals surface area contributed by atoms with Crippen LogP contribution in [0.25, 0.3) is 0 Å². The Bertz CT molecular complexity index is 401. The first-order chi connectivity index (χ1) is 9.29. The first-order valence-corrected chi connectivity index (χ1v) is 6.79. The highest BCUT2D eigenvalue weighted by Gasteiger charge is 2.15. The average molecular weight is 267 g/mol. The molecule has 0 unspecified atom stereocenters. The van der Waals surface area contributed by atoms with Crippen molar-refractivity contribution in [2.45, 2.75) is 38.3 Å². The molecule has 2 rings (SSSR count). The molecule has 1 aromatic heterocycles. The Morgan fingerprint density at radius 1 is 1.53 bits per heavy atom. The lowest BCUT2D eigenvalue weighted by Gasteiger charge is -2.10. The van der Waals surface area contributed by atoms with Crippen molar-refractivity contribution >= 4 is 5.91 Å². The van der Waals surface area contributed by atoms with Crippen LogP contribution >= 0.6 is 0 Å². The highest BCUT2D eigenvalue weighted by atomic mass is 16.5. The smallest absolute Gasteiger partial charge is 0.273 e. The first-order valence-electron chi connectivity index (χ1n) is 6.79. The number of amides is 1. The lowest BCUT2D eigenvalue weighted by atomic mass is 10.3. The van der Waals surface area contributed by atoms with Crippen LogP contribution in [0.5, 0.6) is 0 Å². The molecule has 0 atom stereocenters. The van der Waals surface area contributed by atoms with E-state index in [4.69, 9.17) is 10.5 Å². The second-order valence-corrected chi connectivity index (χ2v) is 4.69. The van der Waals surface area contributed by atoms with Crippen LogP contribution in [0.2, 0.25) is 0 Å².